The van der Waals surface area contributed by atoms with Gasteiger partial charge in [-0.2, -0.15) is 4.40 Å². The van der Waals surface area contributed by atoms with Crippen LogP contribution >= 0.6 is 0 Å². The van der Waals surface area contributed by atoms with E-state index in [9.17, 15) is 4.21 Å². The van der Waals surface area contributed by atoms with E-state index in [0.29, 0.717) is 5.92 Å². The highest BCUT2D eigenvalue weighted by Crippen LogP contribution is 2.31. The molecule has 1 unspecified atom stereocenters. The lowest BCUT2D eigenvalue weighted by Crippen LogP contribution is -2.27. The first-order valence-electron chi connectivity index (χ1n) is 6.54. The quantitative estimate of drug-likeness (QED) is 0.764. The van der Waals surface area contributed by atoms with E-state index in [1.165, 1.54) is 19.3 Å². The normalized spacial score (nSPS) is 19.4. The Bertz CT molecular complexity index is 455. The van der Waals surface area contributed by atoms with E-state index in [2.05, 4.69) is 16.5 Å². The molecule has 1 atom stereocenters. The number of benzene rings is 1. The van der Waals surface area contributed by atoms with Crippen LogP contribution in [0.15, 0.2) is 34.7 Å². The van der Waals surface area contributed by atoms with E-state index in [0.717, 1.165) is 11.3 Å². The Morgan fingerprint density at radius 3 is 2.28 bits per heavy atom. The SMILES string of the molecule is CC(C)(C)S(=O)N=C(c1ccccc1)C1CCC1. The van der Waals surface area contributed by atoms with Crippen LogP contribution in [-0.4, -0.2) is 14.7 Å². The van der Waals surface area contributed by atoms with Crippen LogP contribution in [0.5, 0.6) is 0 Å². The Morgan fingerprint density at radius 2 is 1.83 bits per heavy atom. The van der Waals surface area contributed by atoms with Gasteiger partial charge in [0.1, 0.15) is 11.0 Å². The minimum atomic E-state index is -1.17. The van der Waals surface area contributed by atoms with Crippen molar-refractivity contribution >= 4 is 16.7 Å². The van der Waals surface area contributed by atoms with Gasteiger partial charge in [0.05, 0.1) is 10.5 Å². The highest BCUT2D eigenvalue weighted by molar-refractivity contribution is 7.85. The average molecular weight is 263 g/mol. The second kappa shape index (κ2) is 5.35. The first-order chi connectivity index (χ1) is 8.48. The summed E-state index contributed by atoms with van der Waals surface area (Å²) in [5.74, 6) is 0.499. The van der Waals surface area contributed by atoms with E-state index >= 15 is 0 Å². The summed E-state index contributed by atoms with van der Waals surface area (Å²) in [6.07, 6.45) is 3.61. The molecule has 0 amide bonds. The third-order valence-corrected chi connectivity index (χ3v) is 4.68. The summed E-state index contributed by atoms with van der Waals surface area (Å²) < 4.78 is 16.5. The van der Waals surface area contributed by atoms with E-state index in [1.807, 2.05) is 39.0 Å². The summed E-state index contributed by atoms with van der Waals surface area (Å²) in [4.78, 5) is 0. The fraction of sp³-hybridized carbons (Fsp3) is 0.533. The molecule has 2 rings (SSSR count). The van der Waals surface area contributed by atoms with Gasteiger partial charge in [-0.15, -0.1) is 0 Å². The van der Waals surface area contributed by atoms with Gasteiger partial charge >= 0.3 is 0 Å². The van der Waals surface area contributed by atoms with Crippen molar-refractivity contribution in [1.82, 2.24) is 0 Å². The van der Waals surface area contributed by atoms with E-state index in [4.69, 9.17) is 0 Å². The van der Waals surface area contributed by atoms with Gasteiger partial charge < -0.3 is 0 Å². The van der Waals surface area contributed by atoms with Crippen molar-refractivity contribution < 1.29 is 4.21 Å². The van der Waals surface area contributed by atoms with Crippen molar-refractivity contribution in [3.05, 3.63) is 35.9 Å². The van der Waals surface area contributed by atoms with Gasteiger partial charge in [0.25, 0.3) is 0 Å². The first kappa shape index (κ1) is 13.5. The zero-order valence-electron chi connectivity index (χ0n) is 11.3. The van der Waals surface area contributed by atoms with Gasteiger partial charge in [-0.1, -0.05) is 36.8 Å². The van der Waals surface area contributed by atoms with Crippen molar-refractivity contribution in [2.45, 2.75) is 44.8 Å². The second-order valence-corrected chi connectivity index (χ2v) is 7.74. The maximum Gasteiger partial charge on any atom is 0.145 e. The Morgan fingerprint density at radius 1 is 1.22 bits per heavy atom. The van der Waals surface area contributed by atoms with Crippen LogP contribution in [-0.2, 0) is 11.0 Å². The molecule has 1 aliphatic carbocycles. The van der Waals surface area contributed by atoms with Crippen molar-refractivity contribution in [3.63, 3.8) is 0 Å². The molecule has 0 radical (unpaired) electrons. The van der Waals surface area contributed by atoms with Crippen molar-refractivity contribution in [2.24, 2.45) is 10.3 Å². The van der Waals surface area contributed by atoms with Gasteiger partial charge in [0.15, 0.2) is 0 Å². The van der Waals surface area contributed by atoms with Crippen LogP contribution < -0.4 is 0 Å². The molecule has 0 bridgehead atoms. The van der Waals surface area contributed by atoms with Gasteiger partial charge in [-0.05, 0) is 39.2 Å². The largest absolute Gasteiger partial charge is 0.234 e. The highest BCUT2D eigenvalue weighted by atomic mass is 32.2. The number of hydrogen-bond acceptors (Lipinski definition) is 1. The fourth-order valence-corrected chi connectivity index (χ4v) is 2.59. The molecule has 0 aromatic heterocycles. The van der Waals surface area contributed by atoms with E-state index < -0.39 is 11.0 Å². The number of rotatable bonds is 3. The highest BCUT2D eigenvalue weighted by Gasteiger charge is 2.27. The summed E-state index contributed by atoms with van der Waals surface area (Å²) in [6, 6.07) is 10.2. The molecule has 0 saturated heterocycles. The van der Waals surface area contributed by atoms with Crippen molar-refractivity contribution in [1.29, 1.82) is 0 Å². The zero-order valence-corrected chi connectivity index (χ0v) is 12.2. The number of nitrogens with zero attached hydrogens (tertiary/aromatic N) is 1. The average Bonchev–Trinajstić information content (AvgIpc) is 2.25. The minimum Gasteiger partial charge on any atom is -0.234 e. The topological polar surface area (TPSA) is 29.4 Å². The lowest BCUT2D eigenvalue weighted by molar-refractivity contribution is 0.414. The lowest BCUT2D eigenvalue weighted by Gasteiger charge is -2.28. The summed E-state index contributed by atoms with van der Waals surface area (Å²) >= 11 is 0. The Hall–Kier alpha value is -0.960. The van der Waals surface area contributed by atoms with Gasteiger partial charge in [0, 0.05) is 5.92 Å². The molecule has 1 aliphatic rings. The molecule has 0 N–H and O–H groups in total. The summed E-state index contributed by atoms with van der Waals surface area (Å²) in [5, 5.41) is 0. The summed E-state index contributed by atoms with van der Waals surface area (Å²) in [7, 11) is -1.17. The Kier molecular flexibility index (Phi) is 4.00. The molecule has 3 heteroatoms. The standard InChI is InChI=1S/C15H21NOS/c1-15(2,3)18(17)16-14(13-10-7-11-13)12-8-5-4-6-9-12/h4-6,8-9,13H,7,10-11H2,1-3H3. The summed E-state index contributed by atoms with van der Waals surface area (Å²) in [6.45, 7) is 5.90. The van der Waals surface area contributed by atoms with Crippen molar-refractivity contribution in [3.8, 4) is 0 Å². The van der Waals surface area contributed by atoms with E-state index in [1.54, 1.807) is 0 Å². The van der Waals surface area contributed by atoms with Crippen LogP contribution in [0.4, 0.5) is 0 Å². The predicted octanol–water partition coefficient (Wildman–Crippen LogP) is 3.74. The molecule has 1 saturated carbocycles. The van der Waals surface area contributed by atoms with Crippen LogP contribution in [0.25, 0.3) is 0 Å². The molecule has 0 spiro atoms. The van der Waals surface area contributed by atoms with Crippen LogP contribution in [0.3, 0.4) is 0 Å². The van der Waals surface area contributed by atoms with Crippen LogP contribution in [0, 0.1) is 5.92 Å². The van der Waals surface area contributed by atoms with Gasteiger partial charge in [-0.25, -0.2) is 4.21 Å². The Balaban J connectivity index is 2.32. The number of hydrogen-bond donors (Lipinski definition) is 0. The monoisotopic (exact) mass is 263 g/mol. The minimum absolute atomic E-state index is 0.288. The molecule has 1 fully saturated rings. The second-order valence-electron chi connectivity index (χ2n) is 5.83. The van der Waals surface area contributed by atoms with Crippen molar-refractivity contribution in [2.75, 3.05) is 0 Å². The molecule has 18 heavy (non-hydrogen) atoms. The lowest BCUT2D eigenvalue weighted by atomic mass is 9.79. The maximum atomic E-state index is 12.2. The van der Waals surface area contributed by atoms with Gasteiger partial charge in [-0.3, -0.25) is 0 Å². The molecule has 0 heterocycles. The first-order valence-corrected chi connectivity index (χ1v) is 7.65. The maximum absolute atomic E-state index is 12.2. The van der Waals surface area contributed by atoms with E-state index in [-0.39, 0.29) is 4.75 Å². The van der Waals surface area contributed by atoms with Crippen LogP contribution in [0.2, 0.25) is 0 Å². The smallest absolute Gasteiger partial charge is 0.145 e. The molecule has 1 aromatic carbocycles. The molecule has 2 nitrogen and oxygen atoms in total. The molecule has 0 aliphatic heterocycles. The third-order valence-electron chi connectivity index (χ3n) is 3.27. The third kappa shape index (κ3) is 3.08. The van der Waals surface area contributed by atoms with Gasteiger partial charge in [0.2, 0.25) is 0 Å². The molecular formula is C15H21NOS. The molecule has 98 valence electrons. The summed E-state index contributed by atoms with van der Waals surface area (Å²) in [5.41, 5.74) is 2.16. The predicted molar refractivity (Wildman–Crippen MR) is 78.2 cm³/mol. The zero-order chi connectivity index (χ0) is 13.2. The molecular weight excluding hydrogens is 242 g/mol. The van der Waals surface area contributed by atoms with Crippen LogP contribution in [0.1, 0.15) is 45.6 Å². The Labute approximate surface area is 112 Å². The fourth-order valence-electron chi connectivity index (χ4n) is 1.88. The molecule has 1 aromatic rings.